The first-order valence-electron chi connectivity index (χ1n) is 17.1. The van der Waals surface area contributed by atoms with E-state index in [9.17, 15) is 19.8 Å². The van der Waals surface area contributed by atoms with Crippen molar-refractivity contribution in [2.45, 2.75) is 13.8 Å². The molecule has 22 nitrogen and oxygen atoms in total. The van der Waals surface area contributed by atoms with E-state index in [1.165, 1.54) is 36.9 Å². The number of para-hydroxylation sites is 4. The molecule has 4 aromatic heterocycles. The fourth-order valence-electron chi connectivity index (χ4n) is 5.77. The van der Waals surface area contributed by atoms with Gasteiger partial charge >= 0.3 is 28.4 Å². The number of fused-ring (bicyclic) bond motifs is 2. The summed E-state index contributed by atoms with van der Waals surface area (Å²) < 4.78 is 83.0. The summed E-state index contributed by atoms with van der Waals surface area (Å²) in [5.74, 6) is -0.902. The standard InChI is InChI=1S/2C19H15N3O3S.2ClHO4.Ni.2H2O/c2*1-11-16(18(24)25-2)17(12-7-3-5-9-14(12)23)22(21-11)19-20-13-8-4-6-10-15(13)26-19;2*2-1(3,4)5;;;/h2*3-10,23H,1-2H3;2*(H,2,3,4,5);;2*1H2/q;;;;+2;;/p-2. The summed E-state index contributed by atoms with van der Waals surface area (Å²) in [5.41, 5.74) is 5.26. The second kappa shape index (κ2) is 23.5. The van der Waals surface area contributed by atoms with Crippen LogP contribution in [0.5, 0.6) is 11.5 Å². The number of aryl methyl sites for hydroxylation is 2. The minimum absolute atomic E-state index is 0. The van der Waals surface area contributed by atoms with E-state index in [1.807, 2.05) is 48.5 Å². The van der Waals surface area contributed by atoms with Crippen LogP contribution in [0.15, 0.2) is 97.1 Å². The van der Waals surface area contributed by atoms with Crippen molar-refractivity contribution in [3.8, 4) is 44.3 Å². The molecule has 0 aliphatic heterocycles. The number of hydrogen-bond acceptors (Lipinski definition) is 20. The number of rotatable bonds is 6. The number of hydrogen-bond donors (Lipinski definition) is 2. The number of methoxy groups -OCH3 is 2. The Kier molecular flexibility index (Phi) is 20.0. The topological polar surface area (TPSA) is 402 Å². The molecule has 6 N–H and O–H groups in total. The third kappa shape index (κ3) is 14.1. The first kappa shape index (κ1) is 55.4. The van der Waals surface area contributed by atoms with E-state index in [-0.39, 0.29) is 38.9 Å². The van der Waals surface area contributed by atoms with Crippen molar-refractivity contribution >= 4 is 55.0 Å². The van der Waals surface area contributed by atoms with Crippen molar-refractivity contribution in [1.29, 1.82) is 0 Å². The van der Waals surface area contributed by atoms with Gasteiger partial charge in [-0.1, -0.05) is 71.2 Å². The largest absolute Gasteiger partial charge is 2.00 e. The normalized spacial score (nSPS) is 10.6. The van der Waals surface area contributed by atoms with Crippen LogP contribution in [0.2, 0.25) is 0 Å². The molecule has 348 valence electrons. The zero-order valence-electron chi connectivity index (χ0n) is 33.6. The van der Waals surface area contributed by atoms with Crippen LogP contribution in [0.4, 0.5) is 0 Å². The molecule has 65 heavy (non-hydrogen) atoms. The van der Waals surface area contributed by atoms with Gasteiger partial charge in [0.25, 0.3) is 0 Å². The quantitative estimate of drug-likeness (QED) is 0.122. The molecule has 0 aliphatic rings. The number of ether oxygens (including phenoxy) is 2. The van der Waals surface area contributed by atoms with Crippen LogP contribution >= 0.6 is 22.7 Å². The number of thiazole rings is 2. The molecule has 4 aromatic carbocycles. The molecule has 8 rings (SSSR count). The van der Waals surface area contributed by atoms with E-state index in [1.54, 1.807) is 71.7 Å². The number of phenolic OH excluding ortho intramolecular Hbond substituents is 2. The van der Waals surface area contributed by atoms with Crippen LogP contribution < -0.4 is 37.3 Å². The average Bonchev–Trinajstić information content (AvgIpc) is 3.99. The number of aromatic hydroxyl groups is 2. The van der Waals surface area contributed by atoms with Crippen molar-refractivity contribution in [2.75, 3.05) is 14.2 Å². The van der Waals surface area contributed by atoms with Gasteiger partial charge in [-0.25, -0.2) is 66.2 Å². The summed E-state index contributed by atoms with van der Waals surface area (Å²) >= 11 is 2.92. The van der Waals surface area contributed by atoms with Crippen LogP contribution in [0.3, 0.4) is 0 Å². The average molecular weight is 1020 g/mol. The summed E-state index contributed by atoms with van der Waals surface area (Å²) in [5, 5.41) is 31.0. The van der Waals surface area contributed by atoms with Crippen LogP contribution in [0, 0.1) is 34.3 Å². The molecule has 0 radical (unpaired) electrons. The smallest absolute Gasteiger partial charge is 0.507 e. The van der Waals surface area contributed by atoms with Crippen molar-refractivity contribution in [3.63, 3.8) is 0 Å². The molecule has 8 aromatic rings. The van der Waals surface area contributed by atoms with Crippen molar-refractivity contribution in [2.24, 2.45) is 0 Å². The number of esters is 2. The Bertz CT molecular complexity index is 2590. The molecular formula is C38H34Cl2N6NiO16S2. The van der Waals surface area contributed by atoms with Gasteiger partial charge in [-0.15, -0.1) is 20.5 Å². The number of benzene rings is 4. The number of carbonyl (C=O) groups is 2. The second-order valence-electron chi connectivity index (χ2n) is 12.1. The van der Waals surface area contributed by atoms with Crippen LogP contribution in [0.25, 0.3) is 53.2 Å². The fourth-order valence-corrected chi connectivity index (χ4v) is 7.62. The van der Waals surface area contributed by atoms with Crippen molar-refractivity contribution in [1.82, 2.24) is 29.5 Å². The van der Waals surface area contributed by atoms with Gasteiger partial charge in [0, 0.05) is 11.1 Å². The maximum absolute atomic E-state index is 12.4. The predicted octanol–water partition coefficient (Wildman–Crippen LogP) is -3.26. The van der Waals surface area contributed by atoms with Gasteiger partial charge < -0.3 is 30.6 Å². The number of carbonyl (C=O) groups excluding carboxylic acids is 2. The van der Waals surface area contributed by atoms with E-state index in [0.717, 1.165) is 20.4 Å². The molecule has 0 unspecified atom stereocenters. The number of phenols is 2. The van der Waals surface area contributed by atoms with Gasteiger partial charge in [-0.2, -0.15) is 10.2 Å². The summed E-state index contributed by atoms with van der Waals surface area (Å²) in [4.78, 5) is 34.0. The van der Waals surface area contributed by atoms with Crippen LogP contribution in [-0.4, -0.2) is 76.9 Å². The van der Waals surface area contributed by atoms with E-state index in [4.69, 9.17) is 46.7 Å². The van der Waals surface area contributed by atoms with Gasteiger partial charge in [-0.3, -0.25) is 0 Å². The Morgan fingerprint density at radius 3 is 1.14 bits per heavy atom. The first-order valence-corrected chi connectivity index (χ1v) is 21.2. The zero-order valence-corrected chi connectivity index (χ0v) is 37.7. The molecule has 0 amide bonds. The van der Waals surface area contributed by atoms with Gasteiger partial charge in [0.15, 0.2) is 0 Å². The molecule has 0 bridgehead atoms. The number of halogens is 2. The number of nitrogens with zero attached hydrogens (tertiary/aromatic N) is 6. The molecule has 27 heteroatoms. The molecule has 4 heterocycles. The molecule has 0 aliphatic carbocycles. The summed E-state index contributed by atoms with van der Waals surface area (Å²) in [6.07, 6.45) is 0. The minimum atomic E-state index is -4.94. The fraction of sp³-hybridized carbons (Fsp3) is 0.105. The van der Waals surface area contributed by atoms with Gasteiger partial charge in [-0.05, 0) is 62.4 Å². The first-order chi connectivity index (χ1) is 29.2. The van der Waals surface area contributed by atoms with Crippen molar-refractivity contribution in [3.05, 3.63) is 120 Å². The van der Waals surface area contributed by atoms with E-state index >= 15 is 0 Å². The monoisotopic (exact) mass is 1020 g/mol. The van der Waals surface area contributed by atoms with Crippen LogP contribution in [-0.2, 0) is 26.0 Å². The summed E-state index contributed by atoms with van der Waals surface area (Å²) in [7, 11) is -7.24. The molecule has 0 spiro atoms. The maximum atomic E-state index is 12.4. The summed E-state index contributed by atoms with van der Waals surface area (Å²) in [6, 6.07) is 29.2. The maximum Gasteiger partial charge on any atom is 2.00 e. The van der Waals surface area contributed by atoms with Crippen molar-refractivity contribution < 1.29 is 114 Å². The molecular weight excluding hydrogens is 990 g/mol. The second-order valence-corrected chi connectivity index (χ2v) is 15.7. The van der Waals surface area contributed by atoms with Gasteiger partial charge in [0.05, 0.1) is 57.4 Å². The predicted molar refractivity (Wildman–Crippen MR) is 207 cm³/mol. The van der Waals surface area contributed by atoms with Crippen LogP contribution in [0.1, 0.15) is 32.1 Å². The Hall–Kier alpha value is -5.71. The van der Waals surface area contributed by atoms with Gasteiger partial charge in [0.1, 0.15) is 22.6 Å². The Morgan fingerprint density at radius 1 is 0.554 bits per heavy atom. The Balaban J connectivity index is 0.000000357. The third-order valence-electron chi connectivity index (χ3n) is 8.15. The number of aromatic nitrogens is 6. The van der Waals surface area contributed by atoms with E-state index in [2.05, 4.69) is 20.2 Å². The Labute approximate surface area is 389 Å². The molecule has 0 fully saturated rings. The minimum Gasteiger partial charge on any atom is -0.507 e. The van der Waals surface area contributed by atoms with Gasteiger partial charge in [0.2, 0.25) is 10.3 Å². The third-order valence-corrected chi connectivity index (χ3v) is 10.2. The zero-order chi connectivity index (χ0) is 45.5. The van der Waals surface area contributed by atoms with E-state index < -0.39 is 32.4 Å². The molecule has 0 saturated heterocycles. The molecule has 0 atom stereocenters. The van der Waals surface area contributed by atoms with E-state index in [0.29, 0.717) is 55.3 Å². The Morgan fingerprint density at radius 2 is 0.846 bits per heavy atom. The molecule has 0 saturated carbocycles. The summed E-state index contributed by atoms with van der Waals surface area (Å²) in [6.45, 7) is 3.47. The SMILES string of the molecule is COC(=O)c1c(C)nn(-c2nc3ccccc3s2)c1-c1ccccc1O.COC(=O)c1c(C)nn(-c2nc3ccccc3s2)c1-c1ccccc1O.O.O.[Ni+2].[O-][Cl+3]([O-])([O-])[O-].[O-][Cl+3]([O-])([O-])[O-].